The standard InChI is InChI=1S/C24H23N3O6.CH4/c28-12-20-19(29)11-22(33-20)27-10-9-21(25-23(27)30)26-24(31)32-13-18-16-7-3-1-5-14(16)15-6-2-4-8-17(15)18;/h1-10,18-20,22,28-29H,11-13H2,(H,25,26,30,31);1H4/t19?,20-,22-;/m1./s1/i28D;1T. The third-order valence-electron chi connectivity index (χ3n) is 6.08. The van der Waals surface area contributed by atoms with Gasteiger partial charge >= 0.3 is 11.8 Å². The van der Waals surface area contributed by atoms with Crippen molar-refractivity contribution in [3.8, 4) is 11.1 Å². The highest BCUT2D eigenvalue weighted by molar-refractivity contribution is 5.83. The third kappa shape index (κ3) is 4.33. The molecule has 3 N–H and O–H groups in total. The molecule has 1 aliphatic heterocycles. The number of hydrogen-bond acceptors (Lipinski definition) is 7. The van der Waals surface area contributed by atoms with E-state index in [-0.39, 0.29) is 31.4 Å². The lowest BCUT2D eigenvalue weighted by atomic mass is 9.98. The van der Waals surface area contributed by atoms with Crippen molar-refractivity contribution >= 4 is 11.9 Å². The van der Waals surface area contributed by atoms with Gasteiger partial charge in [-0.2, -0.15) is 4.98 Å². The number of rotatable bonds is 6. The molecule has 2 heterocycles. The Morgan fingerprint density at radius 3 is 2.56 bits per heavy atom. The van der Waals surface area contributed by atoms with Crippen LogP contribution in [0.3, 0.4) is 0 Å². The Kier molecular flexibility index (Phi) is 6.04. The fourth-order valence-electron chi connectivity index (χ4n) is 4.48. The van der Waals surface area contributed by atoms with Gasteiger partial charge < -0.3 is 19.7 Å². The third-order valence-corrected chi connectivity index (χ3v) is 6.08. The molecule has 34 heavy (non-hydrogen) atoms. The molecule has 0 radical (unpaired) electrons. The van der Waals surface area contributed by atoms with Crippen LogP contribution in [0.25, 0.3) is 11.1 Å². The number of hydrogen-bond donors (Lipinski definition) is 3. The number of nitrogens with zero attached hydrogens (tertiary/aromatic N) is 2. The highest BCUT2D eigenvalue weighted by Gasteiger charge is 2.35. The van der Waals surface area contributed by atoms with Crippen LogP contribution in [0.1, 0.15) is 38.5 Å². The maximum absolute atomic E-state index is 12.5. The lowest BCUT2D eigenvalue weighted by Crippen LogP contribution is -2.29. The van der Waals surface area contributed by atoms with Crippen LogP contribution in [-0.2, 0) is 9.47 Å². The summed E-state index contributed by atoms with van der Waals surface area (Å²) in [5, 5.41) is 16.8. The molecule has 1 amide bonds. The summed E-state index contributed by atoms with van der Waals surface area (Å²) in [5.41, 5.74) is 3.82. The molecule has 178 valence electrons. The predicted octanol–water partition coefficient (Wildman–Crippen LogP) is 2.88. The number of nitrogens with one attached hydrogen (secondary N) is 1. The number of carbonyl (C=O) groups excluding carboxylic acids is 1. The molecular weight excluding hydrogens is 438 g/mol. The molecule has 1 aliphatic carbocycles. The van der Waals surface area contributed by atoms with Gasteiger partial charge in [-0.15, -0.1) is 0 Å². The van der Waals surface area contributed by atoms with Gasteiger partial charge in [0.2, 0.25) is 1.43 Å². The first-order chi connectivity index (χ1) is 17.5. The predicted molar refractivity (Wildman–Crippen MR) is 126 cm³/mol. The van der Waals surface area contributed by atoms with E-state index in [4.69, 9.17) is 12.3 Å². The topological polar surface area (TPSA) is 123 Å². The number of ether oxygens (including phenoxy) is 2. The molecule has 2 aromatic carbocycles. The second kappa shape index (κ2) is 9.76. The van der Waals surface area contributed by atoms with E-state index in [2.05, 4.69) is 27.5 Å². The number of aliphatic hydroxyl groups excluding tert-OH is 2. The summed E-state index contributed by atoms with van der Waals surface area (Å²) in [5.74, 6) is -0.0336. The van der Waals surface area contributed by atoms with Gasteiger partial charge in [0.25, 0.3) is 0 Å². The summed E-state index contributed by atoms with van der Waals surface area (Å²) in [6.07, 6.45) is -1.43. The van der Waals surface area contributed by atoms with Crippen molar-refractivity contribution in [3.05, 3.63) is 82.4 Å². The molecule has 1 saturated heterocycles. The maximum atomic E-state index is 12.5. The normalized spacial score (nSPS) is 21.4. The van der Waals surface area contributed by atoms with Crippen LogP contribution in [-0.4, -0.2) is 52.7 Å². The molecule has 5 rings (SSSR count). The minimum atomic E-state index is -0.860. The summed E-state index contributed by atoms with van der Waals surface area (Å²) < 4.78 is 24.8. The first kappa shape index (κ1) is 21.0. The number of aliphatic hydroxyl groups is 2. The molecule has 1 aromatic heterocycles. The zero-order valence-electron chi connectivity index (χ0n) is 20.6. The van der Waals surface area contributed by atoms with Crippen LogP contribution in [0, 0.1) is 0 Å². The molecule has 2 aliphatic rings. The Morgan fingerprint density at radius 2 is 1.91 bits per heavy atom. The molecule has 0 saturated carbocycles. The second-order valence-electron chi connectivity index (χ2n) is 8.05. The summed E-state index contributed by atoms with van der Waals surface area (Å²) in [6.45, 7) is 0.0332. The van der Waals surface area contributed by atoms with Crippen molar-refractivity contribution in [1.82, 2.24) is 9.55 Å². The Morgan fingerprint density at radius 1 is 1.24 bits per heavy atom. The molecule has 3 aromatic rings. The van der Waals surface area contributed by atoms with Crippen molar-refractivity contribution in [2.75, 3.05) is 18.5 Å². The average Bonchev–Trinajstić information content (AvgIpc) is 3.41. The molecule has 1 fully saturated rings. The monoisotopic (exact) mass is 468 g/mol. The molecule has 1 unspecified atom stereocenters. The van der Waals surface area contributed by atoms with Crippen molar-refractivity contribution in [1.29, 1.82) is 1.43 Å². The zero-order valence-corrected chi connectivity index (χ0v) is 18.6. The number of fused-ring (bicyclic) bond motifs is 3. The Hall–Kier alpha value is -3.53. The van der Waals surface area contributed by atoms with Crippen LogP contribution in [0.15, 0.2) is 65.6 Å². The largest absolute Gasteiger partial charge is 0.448 e. The van der Waals surface area contributed by atoms with E-state index in [9.17, 15) is 14.7 Å². The highest BCUT2D eigenvalue weighted by Crippen LogP contribution is 2.44. The molecule has 9 heteroatoms. The summed E-state index contributed by atoms with van der Waals surface area (Å²) in [7, 11) is 1.25. The SMILES string of the molecule is [2H]OC[C@H]1O[C@@H](n2ccc(NC(=O)OCC3c4ccccc4-c4ccccc43)nc2=O)CC1O.[3H]C. The molecule has 0 bridgehead atoms. The van der Waals surface area contributed by atoms with Crippen LogP contribution < -0.4 is 11.0 Å². The lowest BCUT2D eigenvalue weighted by Gasteiger charge is -2.15. The van der Waals surface area contributed by atoms with Gasteiger partial charge in [0.15, 0.2) is 0 Å². The first-order valence-electron chi connectivity index (χ1n) is 12.1. The smallest absolute Gasteiger partial charge is 0.412 e. The molecular formula is C25H27N3O6. The van der Waals surface area contributed by atoms with E-state index in [0.29, 0.717) is 0 Å². The Balaban J connectivity index is 0.00000148. The van der Waals surface area contributed by atoms with Crippen molar-refractivity contribution < 1.29 is 25.9 Å². The minimum absolute atomic E-state index is 0.0445. The van der Waals surface area contributed by atoms with E-state index in [1.165, 1.54) is 24.2 Å². The van der Waals surface area contributed by atoms with Gasteiger partial charge in [-0.1, -0.05) is 55.9 Å². The van der Waals surface area contributed by atoms with Gasteiger partial charge in [-0.25, -0.2) is 9.59 Å². The van der Waals surface area contributed by atoms with E-state index in [1.807, 2.05) is 36.4 Å². The number of benzene rings is 2. The number of aromatic nitrogens is 2. The number of anilines is 1. The zero-order chi connectivity index (χ0) is 25.7. The lowest BCUT2D eigenvalue weighted by molar-refractivity contribution is -0.0458. The Bertz CT molecular complexity index is 1220. The van der Waals surface area contributed by atoms with Crippen LogP contribution in [0.4, 0.5) is 10.6 Å². The number of carbonyl (C=O) groups is 1. The highest BCUT2D eigenvalue weighted by atomic mass is 16.6. The number of amides is 1. The second-order valence-corrected chi connectivity index (χ2v) is 8.05. The van der Waals surface area contributed by atoms with E-state index >= 15 is 0 Å². The van der Waals surface area contributed by atoms with Crippen LogP contribution in [0.2, 0.25) is 0 Å². The molecule has 0 spiro atoms. The maximum Gasteiger partial charge on any atom is 0.412 e. The molecule has 3 atom stereocenters. The summed E-state index contributed by atoms with van der Waals surface area (Å²) >= 11 is 0. The van der Waals surface area contributed by atoms with Gasteiger partial charge in [-0.3, -0.25) is 9.88 Å². The average molecular weight is 469 g/mol. The van der Waals surface area contributed by atoms with E-state index in [0.717, 1.165) is 22.3 Å². The molecule has 9 nitrogen and oxygen atoms in total. The van der Waals surface area contributed by atoms with Gasteiger partial charge in [-0.05, 0) is 28.3 Å². The summed E-state index contributed by atoms with van der Waals surface area (Å²) in [6, 6.07) is 17.5. The van der Waals surface area contributed by atoms with E-state index < -0.39 is 30.2 Å². The minimum Gasteiger partial charge on any atom is -0.448 e. The first-order valence-corrected chi connectivity index (χ1v) is 10.7. The quantitative estimate of drug-likeness (QED) is 0.508. The summed E-state index contributed by atoms with van der Waals surface area (Å²) in [4.78, 5) is 28.8. The van der Waals surface area contributed by atoms with Crippen molar-refractivity contribution in [2.24, 2.45) is 0 Å². The van der Waals surface area contributed by atoms with Gasteiger partial charge in [0.1, 0.15) is 24.8 Å². The van der Waals surface area contributed by atoms with Gasteiger partial charge in [0, 0.05) is 19.9 Å². The van der Waals surface area contributed by atoms with Crippen molar-refractivity contribution in [2.45, 2.75) is 38.2 Å². The Labute approximate surface area is 199 Å². The fraction of sp³-hybridized carbons (Fsp3) is 0.320. The van der Waals surface area contributed by atoms with Gasteiger partial charge in [0.05, 0.1) is 12.7 Å². The fourth-order valence-corrected chi connectivity index (χ4v) is 4.48. The van der Waals surface area contributed by atoms with Crippen LogP contribution >= 0.6 is 0 Å². The van der Waals surface area contributed by atoms with Crippen molar-refractivity contribution in [3.63, 3.8) is 0 Å². The van der Waals surface area contributed by atoms with E-state index in [1.54, 1.807) is 0 Å². The van der Waals surface area contributed by atoms with Crippen LogP contribution in [0.5, 0.6) is 0 Å².